The number of H-pyrrole nitrogens is 1. The molecule has 0 saturated heterocycles. The Hall–Kier alpha value is -2.48. The number of hydrogen-bond donors (Lipinski definition) is 1. The molecule has 118 valence electrons. The molecule has 0 bridgehead atoms. The van der Waals surface area contributed by atoms with Crippen molar-refractivity contribution in [2.75, 3.05) is 13.1 Å². The summed E-state index contributed by atoms with van der Waals surface area (Å²) in [7, 11) is 0. The van der Waals surface area contributed by atoms with Gasteiger partial charge in [0.15, 0.2) is 5.82 Å². The number of hydrogen-bond acceptors (Lipinski definition) is 5. The monoisotopic (exact) mass is 326 g/mol. The van der Waals surface area contributed by atoms with E-state index < -0.39 is 0 Å². The van der Waals surface area contributed by atoms with Crippen molar-refractivity contribution >= 4 is 12.2 Å². The zero-order valence-electron chi connectivity index (χ0n) is 13.0. The number of nitrogens with zero attached hydrogens (tertiary/aromatic N) is 5. The molecule has 0 spiro atoms. The predicted octanol–water partition coefficient (Wildman–Crippen LogP) is 3.00. The highest BCUT2D eigenvalue weighted by atomic mass is 32.1. The lowest BCUT2D eigenvalue weighted by atomic mass is 10.1. The van der Waals surface area contributed by atoms with E-state index in [4.69, 9.17) is 22.7 Å². The number of aryl methyl sites for hydroxylation is 1. The van der Waals surface area contributed by atoms with Gasteiger partial charge in [0.25, 0.3) is 0 Å². The van der Waals surface area contributed by atoms with Gasteiger partial charge in [-0.05, 0) is 19.1 Å². The molecule has 7 heteroatoms. The SMILES string of the molecule is Cc1ccc(-c2nc(=S)n(CN(CCC#N)CCC#N)[nH]2)cc1. The molecule has 1 aromatic carbocycles. The van der Waals surface area contributed by atoms with Gasteiger partial charge < -0.3 is 0 Å². The molecule has 0 fully saturated rings. The maximum atomic E-state index is 8.75. The molecule has 0 aliphatic rings. The molecule has 2 aromatic rings. The first-order valence-electron chi connectivity index (χ1n) is 7.34. The van der Waals surface area contributed by atoms with Crippen molar-refractivity contribution in [3.05, 3.63) is 34.6 Å². The van der Waals surface area contributed by atoms with E-state index in [2.05, 4.69) is 22.2 Å². The first kappa shape index (κ1) is 16.9. The summed E-state index contributed by atoms with van der Waals surface area (Å²) in [5.41, 5.74) is 2.16. The Morgan fingerprint density at radius 1 is 1.17 bits per heavy atom. The second kappa shape index (κ2) is 8.23. The minimum atomic E-state index is 0.414. The Kier molecular flexibility index (Phi) is 6.04. The predicted molar refractivity (Wildman–Crippen MR) is 89.6 cm³/mol. The second-order valence-electron chi connectivity index (χ2n) is 5.22. The van der Waals surface area contributed by atoms with Crippen LogP contribution in [0.3, 0.4) is 0 Å². The van der Waals surface area contributed by atoms with Gasteiger partial charge in [0.1, 0.15) is 0 Å². The van der Waals surface area contributed by atoms with Gasteiger partial charge in [-0.25, -0.2) is 4.68 Å². The van der Waals surface area contributed by atoms with Crippen molar-refractivity contribution in [1.82, 2.24) is 19.7 Å². The standard InChI is InChI=1S/C16H18N6S/c1-13-4-6-14(7-5-13)15-19-16(23)22(20-15)12-21(10-2-8-17)11-3-9-18/h4-7H,2-3,10-12H2,1H3,(H,19,20,23). The van der Waals surface area contributed by atoms with E-state index in [0.717, 1.165) is 11.4 Å². The van der Waals surface area contributed by atoms with Gasteiger partial charge in [0.05, 0.1) is 18.8 Å². The summed E-state index contributed by atoms with van der Waals surface area (Å²) in [6.07, 6.45) is 0.829. The number of aromatic amines is 1. The minimum absolute atomic E-state index is 0.414. The lowest BCUT2D eigenvalue weighted by Crippen LogP contribution is -2.29. The summed E-state index contributed by atoms with van der Waals surface area (Å²) in [4.78, 5) is 6.40. The largest absolute Gasteiger partial charge is 0.282 e. The molecule has 0 atom stereocenters. The highest BCUT2D eigenvalue weighted by Crippen LogP contribution is 2.15. The smallest absolute Gasteiger partial charge is 0.217 e. The molecule has 1 N–H and O–H groups in total. The summed E-state index contributed by atoms with van der Waals surface area (Å²) in [5, 5.41) is 20.7. The molecule has 0 unspecified atom stereocenters. The van der Waals surface area contributed by atoms with Gasteiger partial charge in [0.2, 0.25) is 4.77 Å². The fraction of sp³-hybridized carbons (Fsp3) is 0.375. The Morgan fingerprint density at radius 3 is 2.35 bits per heavy atom. The van der Waals surface area contributed by atoms with E-state index in [9.17, 15) is 0 Å². The lowest BCUT2D eigenvalue weighted by Gasteiger charge is -2.19. The first-order valence-corrected chi connectivity index (χ1v) is 7.75. The van der Waals surface area contributed by atoms with Crippen LogP contribution in [-0.2, 0) is 6.67 Å². The molecule has 6 nitrogen and oxygen atoms in total. The third-order valence-electron chi connectivity index (χ3n) is 3.43. The molecule has 0 saturated carbocycles. The second-order valence-corrected chi connectivity index (χ2v) is 5.59. The van der Waals surface area contributed by atoms with Crippen LogP contribution in [0.4, 0.5) is 0 Å². The van der Waals surface area contributed by atoms with Crippen molar-refractivity contribution in [3.63, 3.8) is 0 Å². The van der Waals surface area contributed by atoms with Gasteiger partial charge >= 0.3 is 0 Å². The topological polar surface area (TPSA) is 84.4 Å². The fourth-order valence-corrected chi connectivity index (χ4v) is 2.36. The van der Waals surface area contributed by atoms with Crippen LogP contribution in [0, 0.1) is 34.4 Å². The van der Waals surface area contributed by atoms with E-state index in [-0.39, 0.29) is 0 Å². The first-order chi connectivity index (χ1) is 11.1. The quantitative estimate of drug-likeness (QED) is 0.791. The van der Waals surface area contributed by atoms with Crippen LogP contribution in [0.1, 0.15) is 18.4 Å². The Morgan fingerprint density at radius 2 is 1.78 bits per heavy atom. The van der Waals surface area contributed by atoms with Crippen LogP contribution >= 0.6 is 12.2 Å². The molecule has 1 heterocycles. The Balaban J connectivity index is 2.16. The van der Waals surface area contributed by atoms with Crippen molar-refractivity contribution in [3.8, 4) is 23.5 Å². The van der Waals surface area contributed by atoms with Crippen molar-refractivity contribution < 1.29 is 0 Å². The summed E-state index contributed by atoms with van der Waals surface area (Å²) >= 11 is 5.31. The zero-order valence-corrected chi connectivity index (χ0v) is 13.8. The molecule has 0 aliphatic carbocycles. The number of benzene rings is 1. The molecule has 0 aliphatic heterocycles. The van der Waals surface area contributed by atoms with E-state index >= 15 is 0 Å². The number of nitriles is 2. The van der Waals surface area contributed by atoms with Crippen LogP contribution in [0.2, 0.25) is 0 Å². The summed E-state index contributed by atoms with van der Waals surface area (Å²) in [6.45, 7) is 3.71. The molecule has 23 heavy (non-hydrogen) atoms. The van der Waals surface area contributed by atoms with Crippen LogP contribution in [0.15, 0.2) is 24.3 Å². The van der Waals surface area contributed by atoms with Crippen molar-refractivity contribution in [2.24, 2.45) is 0 Å². The fourth-order valence-electron chi connectivity index (χ4n) is 2.16. The summed E-state index contributed by atoms with van der Waals surface area (Å²) in [5.74, 6) is 0.718. The molecular formula is C16H18N6S. The minimum Gasteiger partial charge on any atom is -0.282 e. The average molecular weight is 326 g/mol. The highest BCUT2D eigenvalue weighted by Gasteiger charge is 2.09. The van der Waals surface area contributed by atoms with Gasteiger partial charge in [-0.3, -0.25) is 10.00 Å². The molecule has 1 aromatic heterocycles. The lowest BCUT2D eigenvalue weighted by molar-refractivity contribution is 0.214. The normalized spacial score (nSPS) is 10.4. The third kappa shape index (κ3) is 4.75. The van der Waals surface area contributed by atoms with Gasteiger partial charge in [-0.2, -0.15) is 15.5 Å². The van der Waals surface area contributed by atoms with Gasteiger partial charge in [0, 0.05) is 31.5 Å². The Labute approximate surface area is 140 Å². The molecule has 0 amide bonds. The van der Waals surface area contributed by atoms with Crippen LogP contribution in [0.5, 0.6) is 0 Å². The van der Waals surface area contributed by atoms with Gasteiger partial charge in [-0.1, -0.05) is 29.8 Å². The third-order valence-corrected chi connectivity index (χ3v) is 3.74. The van der Waals surface area contributed by atoms with E-state index in [0.29, 0.717) is 37.4 Å². The number of rotatable bonds is 7. The van der Waals surface area contributed by atoms with Crippen LogP contribution in [0.25, 0.3) is 11.4 Å². The highest BCUT2D eigenvalue weighted by molar-refractivity contribution is 7.71. The van der Waals surface area contributed by atoms with Crippen LogP contribution in [-0.4, -0.2) is 32.8 Å². The summed E-state index contributed by atoms with van der Waals surface area (Å²) in [6, 6.07) is 12.3. The van der Waals surface area contributed by atoms with E-state index in [1.807, 2.05) is 36.1 Å². The maximum Gasteiger partial charge on any atom is 0.217 e. The average Bonchev–Trinajstić information content (AvgIpc) is 2.91. The van der Waals surface area contributed by atoms with E-state index in [1.165, 1.54) is 5.56 Å². The maximum absolute atomic E-state index is 8.75. The van der Waals surface area contributed by atoms with Crippen molar-refractivity contribution in [2.45, 2.75) is 26.4 Å². The van der Waals surface area contributed by atoms with Crippen molar-refractivity contribution in [1.29, 1.82) is 10.5 Å². The van der Waals surface area contributed by atoms with Gasteiger partial charge in [-0.15, -0.1) is 0 Å². The Bertz CT molecular complexity index is 757. The van der Waals surface area contributed by atoms with Crippen LogP contribution < -0.4 is 0 Å². The number of aromatic nitrogens is 3. The molecule has 0 radical (unpaired) electrons. The number of nitrogens with one attached hydrogen (secondary N) is 1. The zero-order chi connectivity index (χ0) is 16.7. The summed E-state index contributed by atoms with van der Waals surface area (Å²) < 4.78 is 2.22. The molecule has 2 rings (SSSR count). The van der Waals surface area contributed by atoms with E-state index in [1.54, 1.807) is 4.68 Å². The molecular weight excluding hydrogens is 308 g/mol.